The van der Waals surface area contributed by atoms with E-state index < -0.39 is 17.3 Å². The highest BCUT2D eigenvalue weighted by molar-refractivity contribution is 5.77. The molecule has 0 saturated heterocycles. The van der Waals surface area contributed by atoms with Gasteiger partial charge in [-0.15, -0.1) is 0 Å². The molecule has 0 saturated carbocycles. The van der Waals surface area contributed by atoms with Crippen LogP contribution >= 0.6 is 0 Å². The van der Waals surface area contributed by atoms with Crippen LogP contribution in [0.1, 0.15) is 25.1 Å². The van der Waals surface area contributed by atoms with Gasteiger partial charge < -0.3 is 4.90 Å². The Bertz CT molecular complexity index is 1160. The molecular formula is C23H21F3N4. The third kappa shape index (κ3) is 3.40. The molecule has 0 unspecified atom stereocenters. The van der Waals surface area contributed by atoms with Crippen LogP contribution in [-0.2, 0) is 11.7 Å². The van der Waals surface area contributed by atoms with Gasteiger partial charge in [0.05, 0.1) is 23.0 Å². The number of rotatable bonds is 4. The van der Waals surface area contributed by atoms with E-state index in [2.05, 4.69) is 28.8 Å². The van der Waals surface area contributed by atoms with Gasteiger partial charge in [-0.25, -0.2) is 9.50 Å². The molecule has 154 valence electrons. The second-order valence-electron chi connectivity index (χ2n) is 7.65. The van der Waals surface area contributed by atoms with Crippen LogP contribution in [-0.4, -0.2) is 21.6 Å². The minimum Gasteiger partial charge on any atom is -0.364 e. The Balaban J connectivity index is 1.77. The lowest BCUT2D eigenvalue weighted by Crippen LogP contribution is -2.40. The molecule has 30 heavy (non-hydrogen) atoms. The van der Waals surface area contributed by atoms with Gasteiger partial charge in [0.2, 0.25) is 0 Å². The molecule has 2 aromatic carbocycles. The maximum Gasteiger partial charge on any atom is 0.416 e. The Morgan fingerprint density at radius 3 is 2.20 bits per heavy atom. The Labute approximate surface area is 172 Å². The van der Waals surface area contributed by atoms with Gasteiger partial charge in [0.25, 0.3) is 0 Å². The highest BCUT2D eigenvalue weighted by Gasteiger charge is 2.31. The fraction of sp³-hybridized carbons (Fsp3) is 0.217. The maximum atomic E-state index is 12.9. The van der Waals surface area contributed by atoms with Crippen LogP contribution in [0.25, 0.3) is 16.8 Å². The van der Waals surface area contributed by atoms with E-state index in [0.717, 1.165) is 23.5 Å². The van der Waals surface area contributed by atoms with Crippen molar-refractivity contribution in [3.8, 4) is 11.1 Å². The van der Waals surface area contributed by atoms with Gasteiger partial charge in [0.15, 0.2) is 5.65 Å². The fourth-order valence-corrected chi connectivity index (χ4v) is 3.54. The first-order valence-electron chi connectivity index (χ1n) is 9.49. The minimum absolute atomic E-state index is 0.425. The van der Waals surface area contributed by atoms with Crippen LogP contribution in [0.4, 0.5) is 18.9 Å². The second kappa shape index (κ2) is 7.16. The van der Waals surface area contributed by atoms with Crippen LogP contribution < -0.4 is 4.90 Å². The van der Waals surface area contributed by atoms with E-state index in [4.69, 9.17) is 0 Å². The summed E-state index contributed by atoms with van der Waals surface area (Å²) in [6.45, 7) is 4.18. The average Bonchev–Trinajstić information content (AvgIpc) is 3.17. The molecule has 0 N–H and O–H groups in total. The standard InChI is InChI=1S/C23H21F3N4/c1-22(2,29(3)18-7-5-4-6-8-18)20-13-14-27-21-19(15-28-30(20)21)16-9-11-17(12-10-16)23(24,25)26/h4-15H,1-3H3. The predicted octanol–water partition coefficient (Wildman–Crippen LogP) is 5.79. The summed E-state index contributed by atoms with van der Waals surface area (Å²) in [6.07, 6.45) is -1.01. The van der Waals surface area contributed by atoms with Crippen LogP contribution in [0.3, 0.4) is 0 Å². The van der Waals surface area contributed by atoms with Gasteiger partial charge in [0, 0.05) is 24.5 Å². The predicted molar refractivity (Wildman–Crippen MR) is 111 cm³/mol. The van der Waals surface area contributed by atoms with Crippen molar-refractivity contribution in [1.29, 1.82) is 0 Å². The Morgan fingerprint density at radius 2 is 1.57 bits per heavy atom. The van der Waals surface area contributed by atoms with Crippen molar-refractivity contribution in [2.45, 2.75) is 25.6 Å². The van der Waals surface area contributed by atoms with E-state index in [0.29, 0.717) is 16.8 Å². The number of hydrogen-bond donors (Lipinski definition) is 0. The molecule has 0 fully saturated rings. The Hall–Kier alpha value is -3.35. The van der Waals surface area contributed by atoms with E-state index in [-0.39, 0.29) is 0 Å². The number of benzene rings is 2. The molecule has 0 bridgehead atoms. The molecule has 4 nitrogen and oxygen atoms in total. The monoisotopic (exact) mass is 410 g/mol. The molecular weight excluding hydrogens is 389 g/mol. The Kier molecular flexibility index (Phi) is 4.76. The summed E-state index contributed by atoms with van der Waals surface area (Å²) < 4.78 is 40.4. The normalized spacial score (nSPS) is 12.3. The van der Waals surface area contributed by atoms with Crippen molar-refractivity contribution in [3.63, 3.8) is 0 Å². The summed E-state index contributed by atoms with van der Waals surface area (Å²) in [5.74, 6) is 0. The molecule has 0 atom stereocenters. The number of fused-ring (bicyclic) bond motifs is 1. The van der Waals surface area contributed by atoms with E-state index in [1.165, 1.54) is 12.1 Å². The zero-order valence-electron chi connectivity index (χ0n) is 16.9. The molecule has 0 amide bonds. The lowest BCUT2D eigenvalue weighted by Gasteiger charge is -2.37. The smallest absolute Gasteiger partial charge is 0.364 e. The summed E-state index contributed by atoms with van der Waals surface area (Å²) in [4.78, 5) is 6.61. The molecule has 4 rings (SSSR count). The van der Waals surface area contributed by atoms with Gasteiger partial charge in [-0.05, 0) is 49.7 Å². The SMILES string of the molecule is CN(c1ccccc1)C(C)(C)c1ccnc2c(-c3ccc(C(F)(F)F)cc3)cnn12. The number of para-hydroxylation sites is 1. The number of alkyl halides is 3. The number of halogens is 3. The molecule has 0 radical (unpaired) electrons. The summed E-state index contributed by atoms with van der Waals surface area (Å²) in [5, 5.41) is 4.51. The number of anilines is 1. The lowest BCUT2D eigenvalue weighted by atomic mass is 9.97. The van der Waals surface area contributed by atoms with Crippen molar-refractivity contribution >= 4 is 11.3 Å². The third-order valence-corrected chi connectivity index (χ3v) is 5.53. The number of aromatic nitrogens is 3. The van der Waals surface area contributed by atoms with Gasteiger partial charge in [-0.3, -0.25) is 0 Å². The van der Waals surface area contributed by atoms with Crippen molar-refractivity contribution in [3.05, 3.63) is 84.3 Å². The fourth-order valence-electron chi connectivity index (χ4n) is 3.54. The molecule has 7 heteroatoms. The highest BCUT2D eigenvalue weighted by atomic mass is 19.4. The number of nitrogens with zero attached hydrogens (tertiary/aromatic N) is 4. The molecule has 0 aliphatic carbocycles. The summed E-state index contributed by atoms with van der Waals surface area (Å²) in [6, 6.07) is 17.0. The highest BCUT2D eigenvalue weighted by Crippen LogP contribution is 2.34. The van der Waals surface area contributed by atoms with E-state index in [1.54, 1.807) is 16.9 Å². The van der Waals surface area contributed by atoms with Crippen LogP contribution in [0, 0.1) is 0 Å². The molecule has 4 aromatic rings. The van der Waals surface area contributed by atoms with Gasteiger partial charge in [-0.2, -0.15) is 18.3 Å². The average molecular weight is 410 g/mol. The van der Waals surface area contributed by atoms with Gasteiger partial charge >= 0.3 is 6.18 Å². The van der Waals surface area contributed by atoms with Crippen LogP contribution in [0.2, 0.25) is 0 Å². The molecule has 0 aliphatic heterocycles. The van der Waals surface area contributed by atoms with Crippen molar-refractivity contribution in [2.75, 3.05) is 11.9 Å². The molecule has 0 aliphatic rings. The molecule has 2 aromatic heterocycles. The first kappa shape index (κ1) is 19.9. The number of hydrogen-bond acceptors (Lipinski definition) is 3. The summed E-state index contributed by atoms with van der Waals surface area (Å²) in [5.41, 5.74) is 2.79. The zero-order chi connectivity index (χ0) is 21.5. The molecule has 0 spiro atoms. The van der Waals surface area contributed by atoms with E-state index >= 15 is 0 Å². The summed E-state index contributed by atoms with van der Waals surface area (Å²) in [7, 11) is 2.02. The van der Waals surface area contributed by atoms with E-state index in [1.807, 2.05) is 43.4 Å². The topological polar surface area (TPSA) is 33.4 Å². The first-order chi connectivity index (χ1) is 14.2. The lowest BCUT2D eigenvalue weighted by molar-refractivity contribution is -0.137. The van der Waals surface area contributed by atoms with Crippen molar-refractivity contribution in [1.82, 2.24) is 14.6 Å². The van der Waals surface area contributed by atoms with Crippen LogP contribution in [0.5, 0.6) is 0 Å². The summed E-state index contributed by atoms with van der Waals surface area (Å²) >= 11 is 0. The zero-order valence-corrected chi connectivity index (χ0v) is 16.9. The minimum atomic E-state index is -4.36. The van der Waals surface area contributed by atoms with Crippen molar-refractivity contribution < 1.29 is 13.2 Å². The first-order valence-corrected chi connectivity index (χ1v) is 9.49. The quantitative estimate of drug-likeness (QED) is 0.427. The third-order valence-electron chi connectivity index (χ3n) is 5.53. The largest absolute Gasteiger partial charge is 0.416 e. The van der Waals surface area contributed by atoms with Crippen molar-refractivity contribution in [2.24, 2.45) is 0 Å². The van der Waals surface area contributed by atoms with Crippen LogP contribution in [0.15, 0.2) is 73.1 Å². The second-order valence-corrected chi connectivity index (χ2v) is 7.65. The Morgan fingerprint density at radius 1 is 0.900 bits per heavy atom. The molecule has 2 heterocycles. The van der Waals surface area contributed by atoms with Gasteiger partial charge in [0.1, 0.15) is 0 Å². The van der Waals surface area contributed by atoms with Gasteiger partial charge in [-0.1, -0.05) is 30.3 Å². The van der Waals surface area contributed by atoms with E-state index in [9.17, 15) is 13.2 Å². The maximum absolute atomic E-state index is 12.9.